The zero-order valence-corrected chi connectivity index (χ0v) is 13.7. The van der Waals surface area contributed by atoms with Crippen LogP contribution < -0.4 is 11.2 Å². The van der Waals surface area contributed by atoms with Gasteiger partial charge < -0.3 is 4.42 Å². The van der Waals surface area contributed by atoms with Gasteiger partial charge in [-0.15, -0.1) is 0 Å². The minimum atomic E-state index is -0.451. The van der Waals surface area contributed by atoms with Gasteiger partial charge in [-0.1, -0.05) is 36.0 Å². The number of para-hydroxylation sites is 1. The van der Waals surface area contributed by atoms with E-state index in [0.717, 1.165) is 27.7 Å². The summed E-state index contributed by atoms with van der Waals surface area (Å²) < 4.78 is 5.10. The Bertz CT molecular complexity index is 1030. The van der Waals surface area contributed by atoms with E-state index in [4.69, 9.17) is 4.42 Å². The number of hydrogen-bond acceptors (Lipinski definition) is 5. The number of aliphatic imine (C=N–C) groups is 1. The molecule has 2 heterocycles. The lowest BCUT2D eigenvalue weighted by Gasteiger charge is -2.15. The van der Waals surface area contributed by atoms with Crippen LogP contribution in [-0.2, 0) is 0 Å². The van der Waals surface area contributed by atoms with Crippen molar-refractivity contribution >= 4 is 39.4 Å². The van der Waals surface area contributed by atoms with Gasteiger partial charge in [0.2, 0.25) is 0 Å². The third kappa shape index (κ3) is 2.85. The Morgan fingerprint density at radius 3 is 2.92 bits per heavy atom. The molecule has 0 radical (unpaired) electrons. The number of aryl methyl sites for hydroxylation is 1. The van der Waals surface area contributed by atoms with Gasteiger partial charge >= 0.3 is 5.76 Å². The van der Waals surface area contributed by atoms with Gasteiger partial charge in [-0.3, -0.25) is 10.4 Å². The Morgan fingerprint density at radius 1 is 1.25 bits per heavy atom. The highest BCUT2D eigenvalue weighted by atomic mass is 32.2. The predicted octanol–water partition coefficient (Wildman–Crippen LogP) is 3.16. The summed E-state index contributed by atoms with van der Waals surface area (Å²) in [5, 5.41) is 5.17. The van der Waals surface area contributed by atoms with Crippen molar-refractivity contribution in [1.29, 1.82) is 0 Å². The molecule has 0 saturated carbocycles. The van der Waals surface area contributed by atoms with Crippen LogP contribution >= 0.6 is 11.8 Å². The monoisotopic (exact) mass is 338 g/mol. The molecule has 4 rings (SSSR count). The molecule has 2 aromatic carbocycles. The quantitative estimate of drug-likeness (QED) is 0.752. The van der Waals surface area contributed by atoms with E-state index in [1.807, 2.05) is 49.4 Å². The number of rotatable bonds is 2. The molecule has 1 aliphatic heterocycles. The molecule has 1 aliphatic rings. The number of H-pyrrole nitrogens is 1. The molecule has 0 amide bonds. The van der Waals surface area contributed by atoms with Gasteiger partial charge in [-0.05, 0) is 30.7 Å². The molecular formula is C17H14N4O2S. The summed E-state index contributed by atoms with van der Waals surface area (Å²) >= 11 is 1.59. The molecule has 0 fully saturated rings. The van der Waals surface area contributed by atoms with Crippen molar-refractivity contribution in [2.45, 2.75) is 6.92 Å². The molecule has 24 heavy (non-hydrogen) atoms. The van der Waals surface area contributed by atoms with Crippen molar-refractivity contribution < 1.29 is 4.42 Å². The maximum atomic E-state index is 11.2. The topological polar surface area (TPSA) is 82.8 Å². The third-order valence-electron chi connectivity index (χ3n) is 3.72. The fraction of sp³-hybridized carbons (Fsp3) is 0.118. The Labute approximate surface area is 141 Å². The standard InChI is InChI=1S/C17H14N4O2S/c1-10-4-2-3-5-12(10)18-16-21-20-14(9-24-16)11-6-7-13-15(8-11)23-17(22)19-13/h2-8H,9H2,1H3,(H,18,21)(H,19,22). The highest BCUT2D eigenvalue weighted by molar-refractivity contribution is 8.14. The van der Waals surface area contributed by atoms with Crippen LogP contribution in [0.5, 0.6) is 0 Å². The van der Waals surface area contributed by atoms with Crippen LogP contribution in [0.15, 0.2) is 61.8 Å². The summed E-state index contributed by atoms with van der Waals surface area (Å²) in [5.74, 6) is 0.241. The van der Waals surface area contributed by atoms with Crippen LogP contribution in [0.1, 0.15) is 11.1 Å². The van der Waals surface area contributed by atoms with Gasteiger partial charge in [-0.25, -0.2) is 9.79 Å². The van der Waals surface area contributed by atoms with E-state index in [0.29, 0.717) is 16.9 Å². The third-order valence-corrected chi connectivity index (χ3v) is 4.60. The van der Waals surface area contributed by atoms with E-state index < -0.39 is 5.76 Å². The van der Waals surface area contributed by atoms with E-state index in [1.54, 1.807) is 11.8 Å². The fourth-order valence-corrected chi connectivity index (χ4v) is 3.22. The molecular weight excluding hydrogens is 324 g/mol. The van der Waals surface area contributed by atoms with E-state index in [1.165, 1.54) is 0 Å². The number of aromatic nitrogens is 1. The molecule has 120 valence electrons. The maximum absolute atomic E-state index is 11.2. The van der Waals surface area contributed by atoms with E-state index in [-0.39, 0.29) is 0 Å². The van der Waals surface area contributed by atoms with Crippen LogP contribution in [0.4, 0.5) is 5.69 Å². The highest BCUT2D eigenvalue weighted by Gasteiger charge is 2.14. The molecule has 7 heteroatoms. The van der Waals surface area contributed by atoms with Crippen molar-refractivity contribution in [3.05, 3.63) is 64.1 Å². The maximum Gasteiger partial charge on any atom is 0.417 e. The van der Waals surface area contributed by atoms with Crippen molar-refractivity contribution in [2.24, 2.45) is 10.1 Å². The Morgan fingerprint density at radius 2 is 2.12 bits per heavy atom. The van der Waals surface area contributed by atoms with Crippen molar-refractivity contribution in [2.75, 3.05) is 5.75 Å². The van der Waals surface area contributed by atoms with Crippen molar-refractivity contribution in [3.8, 4) is 0 Å². The second kappa shape index (κ2) is 6.01. The molecule has 0 spiro atoms. The lowest BCUT2D eigenvalue weighted by molar-refractivity contribution is 0.555. The molecule has 1 aromatic heterocycles. The SMILES string of the molecule is Cc1ccccc1N=C1NN=C(c2ccc3[nH]c(=O)oc3c2)CS1. The molecule has 2 N–H and O–H groups in total. The van der Waals surface area contributed by atoms with Gasteiger partial charge in [0.05, 0.1) is 16.9 Å². The Kier molecular flexibility index (Phi) is 3.70. The molecule has 0 aliphatic carbocycles. The highest BCUT2D eigenvalue weighted by Crippen LogP contribution is 2.22. The van der Waals surface area contributed by atoms with Crippen LogP contribution in [0.25, 0.3) is 11.1 Å². The number of thioether (sulfide) groups is 1. The number of hydrogen-bond donors (Lipinski definition) is 2. The predicted molar refractivity (Wildman–Crippen MR) is 97.2 cm³/mol. The van der Waals surface area contributed by atoms with Gasteiger partial charge in [0.25, 0.3) is 0 Å². The summed E-state index contributed by atoms with van der Waals surface area (Å²) in [6.07, 6.45) is 0. The van der Waals surface area contributed by atoms with Crippen molar-refractivity contribution in [3.63, 3.8) is 0 Å². The molecule has 0 bridgehead atoms. The summed E-state index contributed by atoms with van der Waals surface area (Å²) in [6.45, 7) is 2.03. The van der Waals surface area contributed by atoms with Crippen LogP contribution in [-0.4, -0.2) is 21.6 Å². The number of hydrazone groups is 1. The Hall–Kier alpha value is -2.80. The normalized spacial score (nSPS) is 16.2. The molecule has 0 unspecified atom stereocenters. The van der Waals surface area contributed by atoms with E-state index in [9.17, 15) is 4.79 Å². The molecule has 0 atom stereocenters. The number of oxazole rings is 1. The van der Waals surface area contributed by atoms with Gasteiger partial charge in [0.15, 0.2) is 10.8 Å². The Balaban J connectivity index is 1.59. The molecule has 6 nitrogen and oxygen atoms in total. The first kappa shape index (κ1) is 14.8. The minimum Gasteiger partial charge on any atom is -0.408 e. The number of nitrogens with one attached hydrogen (secondary N) is 2. The number of benzene rings is 2. The molecule has 3 aromatic rings. The van der Waals surface area contributed by atoms with E-state index in [2.05, 4.69) is 20.5 Å². The number of nitrogens with zero attached hydrogens (tertiary/aromatic N) is 2. The summed E-state index contributed by atoms with van der Waals surface area (Å²) in [4.78, 5) is 18.5. The minimum absolute atomic E-state index is 0.451. The largest absolute Gasteiger partial charge is 0.417 e. The average molecular weight is 338 g/mol. The first-order valence-corrected chi connectivity index (χ1v) is 8.40. The average Bonchev–Trinajstić information content (AvgIpc) is 2.97. The molecule has 0 saturated heterocycles. The van der Waals surface area contributed by atoms with Crippen molar-refractivity contribution in [1.82, 2.24) is 10.4 Å². The fourth-order valence-electron chi connectivity index (χ4n) is 2.44. The zero-order chi connectivity index (χ0) is 16.5. The second-order valence-electron chi connectivity index (χ2n) is 5.39. The van der Waals surface area contributed by atoms with Gasteiger partial charge in [0, 0.05) is 11.3 Å². The van der Waals surface area contributed by atoms with E-state index >= 15 is 0 Å². The number of aromatic amines is 1. The summed E-state index contributed by atoms with van der Waals surface area (Å²) in [7, 11) is 0. The summed E-state index contributed by atoms with van der Waals surface area (Å²) in [5.41, 5.74) is 8.07. The number of fused-ring (bicyclic) bond motifs is 1. The first-order chi connectivity index (χ1) is 11.7. The van der Waals surface area contributed by atoms with Gasteiger partial charge in [0.1, 0.15) is 0 Å². The second-order valence-corrected chi connectivity index (χ2v) is 6.35. The first-order valence-electron chi connectivity index (χ1n) is 7.42. The van der Waals surface area contributed by atoms with Crippen LogP contribution in [0, 0.1) is 6.92 Å². The van der Waals surface area contributed by atoms with Gasteiger partial charge in [-0.2, -0.15) is 5.10 Å². The lowest BCUT2D eigenvalue weighted by atomic mass is 10.1. The summed E-state index contributed by atoms with van der Waals surface area (Å²) in [6, 6.07) is 13.5. The van der Waals surface area contributed by atoms with Crippen LogP contribution in [0.2, 0.25) is 0 Å². The zero-order valence-electron chi connectivity index (χ0n) is 12.9. The number of amidine groups is 1. The van der Waals surface area contributed by atoms with Crippen LogP contribution in [0.3, 0.4) is 0 Å². The lowest BCUT2D eigenvalue weighted by Crippen LogP contribution is -2.25. The smallest absolute Gasteiger partial charge is 0.408 e.